The lowest BCUT2D eigenvalue weighted by atomic mass is 9.93. The number of nitrogens with zero attached hydrogens (tertiary/aromatic N) is 1. The summed E-state index contributed by atoms with van der Waals surface area (Å²) in [4.78, 5) is 2.31. The number of anilines is 3. The molecule has 0 unspecified atom stereocenters. The zero-order valence-corrected chi connectivity index (χ0v) is 27.7. The first-order chi connectivity index (χ1) is 25.3. The highest BCUT2D eigenvalue weighted by Crippen LogP contribution is 2.49. The molecule has 0 atom stereocenters. The number of rotatable bonds is 5. The minimum absolute atomic E-state index is 0.664. The van der Waals surface area contributed by atoms with E-state index in [0.717, 1.165) is 50.5 Å². The van der Waals surface area contributed by atoms with E-state index in [1.165, 1.54) is 32.7 Å². The predicted molar refractivity (Wildman–Crippen MR) is 211 cm³/mol. The Morgan fingerprint density at radius 2 is 0.941 bits per heavy atom. The van der Waals surface area contributed by atoms with E-state index < -0.39 is 0 Å². The van der Waals surface area contributed by atoms with Crippen molar-refractivity contribution in [2.24, 2.45) is 0 Å². The van der Waals surface area contributed by atoms with Gasteiger partial charge in [-0.15, -0.1) is 0 Å². The zero-order valence-electron chi connectivity index (χ0n) is 27.7. The lowest BCUT2D eigenvalue weighted by molar-refractivity contribution is 0.439. The van der Waals surface area contributed by atoms with Crippen LogP contribution in [0, 0.1) is 0 Å². The molecule has 0 amide bonds. The van der Waals surface area contributed by atoms with E-state index in [2.05, 4.69) is 163 Å². The van der Waals surface area contributed by atoms with Gasteiger partial charge in [0.25, 0.3) is 0 Å². The molecule has 1 heterocycles. The van der Waals surface area contributed by atoms with Crippen LogP contribution in [0.1, 0.15) is 0 Å². The number of hydrogen-bond acceptors (Lipinski definition) is 3. The van der Waals surface area contributed by atoms with Gasteiger partial charge < -0.3 is 14.4 Å². The van der Waals surface area contributed by atoms with Crippen LogP contribution in [0.25, 0.3) is 54.6 Å². The summed E-state index contributed by atoms with van der Waals surface area (Å²) < 4.78 is 13.2. The van der Waals surface area contributed by atoms with E-state index >= 15 is 0 Å². The Morgan fingerprint density at radius 3 is 1.75 bits per heavy atom. The average molecular weight is 654 g/mol. The van der Waals surface area contributed by atoms with Crippen LogP contribution in [-0.4, -0.2) is 0 Å². The Kier molecular flexibility index (Phi) is 6.81. The van der Waals surface area contributed by atoms with Gasteiger partial charge in [-0.1, -0.05) is 133 Å². The van der Waals surface area contributed by atoms with Crippen LogP contribution in [0.4, 0.5) is 17.1 Å². The summed E-state index contributed by atoms with van der Waals surface area (Å²) in [5.41, 5.74) is 7.72. The number of hydrogen-bond donors (Lipinski definition) is 0. The van der Waals surface area contributed by atoms with Gasteiger partial charge in [-0.25, -0.2) is 0 Å². The Hall–Kier alpha value is -6.84. The van der Waals surface area contributed by atoms with E-state index in [4.69, 9.17) is 9.47 Å². The summed E-state index contributed by atoms with van der Waals surface area (Å²) in [5, 5.41) is 7.06. The molecule has 0 fully saturated rings. The van der Waals surface area contributed by atoms with E-state index in [1.54, 1.807) is 0 Å². The molecule has 3 heteroatoms. The molecule has 0 N–H and O–H groups in total. The van der Waals surface area contributed by atoms with Crippen molar-refractivity contribution in [1.29, 1.82) is 0 Å². The fourth-order valence-electron chi connectivity index (χ4n) is 7.52. The van der Waals surface area contributed by atoms with Crippen molar-refractivity contribution < 1.29 is 9.47 Å². The van der Waals surface area contributed by atoms with Crippen LogP contribution in [0.15, 0.2) is 188 Å². The fourth-order valence-corrected chi connectivity index (χ4v) is 7.52. The van der Waals surface area contributed by atoms with Crippen molar-refractivity contribution in [3.63, 3.8) is 0 Å². The fraction of sp³-hybridized carbons (Fsp3) is 0. The standard InChI is InChI=1S/C48H31NO2/c1-2-12-32(13-3-1)39-18-8-9-21-43(39)49(37-28-29-44-47(31-37)51-46-23-11-16-34-15-10-22-45(50-44)48(34)46)36-26-24-33(25-27-36)42-30-35-14-4-5-17-38(35)40-19-6-7-20-41(40)42/h1-31H. The molecule has 0 aromatic heterocycles. The van der Waals surface area contributed by atoms with Crippen LogP contribution in [0.5, 0.6) is 23.0 Å². The lowest BCUT2D eigenvalue weighted by Gasteiger charge is -2.28. The van der Waals surface area contributed by atoms with Gasteiger partial charge in [-0.3, -0.25) is 0 Å². The minimum Gasteiger partial charge on any atom is -0.453 e. The van der Waals surface area contributed by atoms with Crippen molar-refractivity contribution >= 4 is 49.4 Å². The molecule has 10 rings (SSSR count). The minimum atomic E-state index is 0.664. The number of fused-ring (bicyclic) bond motifs is 4. The smallest absolute Gasteiger partial charge is 0.172 e. The third-order valence-electron chi connectivity index (χ3n) is 9.89. The molecule has 9 aromatic carbocycles. The maximum Gasteiger partial charge on any atom is 0.172 e. The molecule has 0 saturated carbocycles. The molecular formula is C48H31NO2. The molecule has 3 nitrogen and oxygen atoms in total. The normalized spacial score (nSPS) is 11.8. The third kappa shape index (κ3) is 4.98. The molecule has 240 valence electrons. The molecular weight excluding hydrogens is 623 g/mol. The highest BCUT2D eigenvalue weighted by molar-refractivity contribution is 6.13. The topological polar surface area (TPSA) is 21.7 Å². The molecule has 0 spiro atoms. The van der Waals surface area contributed by atoms with E-state index in [0.29, 0.717) is 11.5 Å². The zero-order chi connectivity index (χ0) is 33.7. The first kappa shape index (κ1) is 29.1. The SMILES string of the molecule is c1ccc(-c2ccccc2N(c2ccc(-c3cc4ccccc4c4ccccc34)cc2)c2ccc3c(c2)Oc2cccc4cccc(c24)O3)cc1. The Labute approximate surface area is 296 Å². The molecule has 0 bridgehead atoms. The lowest BCUT2D eigenvalue weighted by Crippen LogP contribution is -2.11. The van der Waals surface area contributed by atoms with Gasteiger partial charge in [0.15, 0.2) is 11.5 Å². The van der Waals surface area contributed by atoms with Gasteiger partial charge >= 0.3 is 0 Å². The second-order valence-electron chi connectivity index (χ2n) is 12.9. The summed E-state index contributed by atoms with van der Waals surface area (Å²) in [7, 11) is 0. The van der Waals surface area contributed by atoms with Crippen LogP contribution in [-0.2, 0) is 0 Å². The van der Waals surface area contributed by atoms with Crippen LogP contribution in [0.3, 0.4) is 0 Å². The van der Waals surface area contributed by atoms with Gasteiger partial charge in [-0.05, 0) is 92.2 Å². The highest BCUT2D eigenvalue weighted by atomic mass is 16.5. The maximum atomic E-state index is 6.65. The molecule has 1 aliphatic rings. The number of benzene rings is 9. The molecule has 51 heavy (non-hydrogen) atoms. The summed E-state index contributed by atoms with van der Waals surface area (Å²) in [6, 6.07) is 66.2. The van der Waals surface area contributed by atoms with Crippen LogP contribution in [0.2, 0.25) is 0 Å². The third-order valence-corrected chi connectivity index (χ3v) is 9.89. The monoisotopic (exact) mass is 653 g/mol. The molecule has 1 aliphatic heterocycles. The first-order valence-corrected chi connectivity index (χ1v) is 17.3. The first-order valence-electron chi connectivity index (χ1n) is 17.3. The largest absolute Gasteiger partial charge is 0.453 e. The average Bonchev–Trinajstić information content (AvgIpc) is 3.36. The summed E-state index contributed by atoms with van der Waals surface area (Å²) in [5.74, 6) is 2.91. The van der Waals surface area contributed by atoms with Crippen molar-refractivity contribution in [2.75, 3.05) is 4.90 Å². The quantitative estimate of drug-likeness (QED) is 0.173. The van der Waals surface area contributed by atoms with Crippen molar-refractivity contribution in [3.05, 3.63) is 188 Å². The molecule has 0 saturated heterocycles. The van der Waals surface area contributed by atoms with Gasteiger partial charge in [-0.2, -0.15) is 0 Å². The summed E-state index contributed by atoms with van der Waals surface area (Å²) in [6.45, 7) is 0. The second kappa shape index (κ2) is 11.9. The molecule has 9 aromatic rings. The number of ether oxygens (including phenoxy) is 2. The maximum absolute atomic E-state index is 6.65. The van der Waals surface area contributed by atoms with Gasteiger partial charge in [0.2, 0.25) is 0 Å². The van der Waals surface area contributed by atoms with Crippen LogP contribution < -0.4 is 14.4 Å². The molecule has 0 radical (unpaired) electrons. The van der Waals surface area contributed by atoms with Crippen LogP contribution >= 0.6 is 0 Å². The Bertz CT molecular complexity index is 2750. The van der Waals surface area contributed by atoms with E-state index in [9.17, 15) is 0 Å². The van der Waals surface area contributed by atoms with Crippen molar-refractivity contribution in [2.45, 2.75) is 0 Å². The Morgan fingerprint density at radius 1 is 0.333 bits per heavy atom. The highest BCUT2D eigenvalue weighted by Gasteiger charge is 2.23. The van der Waals surface area contributed by atoms with E-state index in [-0.39, 0.29) is 0 Å². The van der Waals surface area contributed by atoms with Gasteiger partial charge in [0.1, 0.15) is 11.5 Å². The molecule has 0 aliphatic carbocycles. The van der Waals surface area contributed by atoms with Gasteiger partial charge in [0, 0.05) is 17.3 Å². The summed E-state index contributed by atoms with van der Waals surface area (Å²) >= 11 is 0. The summed E-state index contributed by atoms with van der Waals surface area (Å²) in [6.07, 6.45) is 0. The predicted octanol–water partition coefficient (Wildman–Crippen LogP) is 13.8. The van der Waals surface area contributed by atoms with E-state index in [1.807, 2.05) is 30.3 Å². The van der Waals surface area contributed by atoms with Crippen molar-refractivity contribution in [1.82, 2.24) is 0 Å². The number of para-hydroxylation sites is 1. The second-order valence-corrected chi connectivity index (χ2v) is 12.9. The van der Waals surface area contributed by atoms with Crippen molar-refractivity contribution in [3.8, 4) is 45.3 Å². The van der Waals surface area contributed by atoms with Gasteiger partial charge in [0.05, 0.1) is 16.8 Å². The Balaban J connectivity index is 1.13.